The smallest absolute Gasteiger partial charge is 0.344 e. The van der Waals surface area contributed by atoms with E-state index in [9.17, 15) is 9.59 Å². The van der Waals surface area contributed by atoms with Crippen LogP contribution >= 0.6 is 0 Å². The Kier molecular flexibility index (Phi) is 4.23. The molecule has 0 heterocycles. The lowest BCUT2D eigenvalue weighted by Gasteiger charge is -1.99. The van der Waals surface area contributed by atoms with Gasteiger partial charge >= 0.3 is 11.9 Å². The zero-order valence-corrected chi connectivity index (χ0v) is 5.49. The lowest BCUT2D eigenvalue weighted by Crippen LogP contribution is -2.16. The van der Waals surface area contributed by atoms with Crippen LogP contribution in [0.5, 0.6) is 0 Å². The molecule has 0 saturated heterocycles. The van der Waals surface area contributed by atoms with Gasteiger partial charge < -0.3 is 14.6 Å². The van der Waals surface area contributed by atoms with Crippen molar-refractivity contribution in [3.8, 4) is 0 Å². The second-order valence-corrected chi connectivity index (χ2v) is 1.39. The first-order valence-electron chi connectivity index (χ1n) is 2.54. The van der Waals surface area contributed by atoms with Crippen LogP contribution in [0.1, 0.15) is 0 Å². The highest BCUT2D eigenvalue weighted by atomic mass is 16.6. The Balaban J connectivity index is 3.35. The minimum absolute atomic E-state index is 0.449. The first kappa shape index (κ1) is 8.90. The monoisotopic (exact) mass is 148 g/mol. The van der Waals surface area contributed by atoms with Crippen molar-refractivity contribution in [3.05, 3.63) is 0 Å². The summed E-state index contributed by atoms with van der Waals surface area (Å²) in [5.74, 6) is -1.49. The second-order valence-electron chi connectivity index (χ2n) is 1.39. The van der Waals surface area contributed by atoms with Crippen LogP contribution in [0.4, 0.5) is 0 Å². The molecule has 0 amide bonds. The average molecular weight is 148 g/mol. The third kappa shape index (κ3) is 3.85. The van der Waals surface area contributed by atoms with Crippen LogP contribution in [-0.4, -0.2) is 37.4 Å². The van der Waals surface area contributed by atoms with Gasteiger partial charge in [-0.1, -0.05) is 0 Å². The number of hydrogen-bond acceptors (Lipinski definition) is 5. The molecule has 0 unspecified atom stereocenters. The molecular weight excluding hydrogens is 140 g/mol. The minimum Gasteiger partial charge on any atom is -0.466 e. The molecule has 0 radical (unpaired) electrons. The molecule has 0 saturated carbocycles. The maximum absolute atomic E-state index is 10.3. The van der Waals surface area contributed by atoms with E-state index in [0.717, 1.165) is 0 Å². The summed E-state index contributed by atoms with van der Waals surface area (Å²) in [6.07, 6.45) is 0. The number of esters is 2. The van der Waals surface area contributed by atoms with Crippen molar-refractivity contribution in [3.63, 3.8) is 0 Å². The van der Waals surface area contributed by atoms with Crippen molar-refractivity contribution in [1.82, 2.24) is 0 Å². The predicted molar refractivity (Wildman–Crippen MR) is 30.1 cm³/mol. The normalized spacial score (nSPS) is 8.60. The highest BCUT2D eigenvalue weighted by Gasteiger charge is 2.04. The maximum atomic E-state index is 10.3. The van der Waals surface area contributed by atoms with Gasteiger partial charge in [-0.3, -0.25) is 0 Å². The minimum atomic E-state index is -0.842. The summed E-state index contributed by atoms with van der Waals surface area (Å²) in [5, 5.41) is 8.09. The van der Waals surface area contributed by atoms with Gasteiger partial charge in [-0.2, -0.15) is 0 Å². The molecule has 0 spiro atoms. The Morgan fingerprint density at radius 1 is 1.40 bits per heavy atom. The summed E-state index contributed by atoms with van der Waals surface area (Å²) < 4.78 is 8.33. The Labute approximate surface area is 57.5 Å². The van der Waals surface area contributed by atoms with E-state index in [1.807, 2.05) is 0 Å². The molecular formula is C5H8O5. The molecule has 0 atom stereocenters. The van der Waals surface area contributed by atoms with Gasteiger partial charge in [0.1, 0.15) is 6.61 Å². The van der Waals surface area contributed by atoms with E-state index < -0.39 is 25.2 Å². The maximum Gasteiger partial charge on any atom is 0.344 e. The first-order chi connectivity index (χ1) is 4.70. The number of carbonyl (C=O) groups is 2. The Morgan fingerprint density at radius 2 is 2.00 bits per heavy atom. The van der Waals surface area contributed by atoms with Gasteiger partial charge in [0.2, 0.25) is 0 Å². The molecule has 5 nitrogen and oxygen atoms in total. The summed E-state index contributed by atoms with van der Waals surface area (Å²) in [6, 6.07) is 0. The zero-order valence-electron chi connectivity index (χ0n) is 5.49. The molecule has 0 aromatic heterocycles. The van der Waals surface area contributed by atoms with Crippen molar-refractivity contribution in [2.45, 2.75) is 0 Å². The molecule has 0 aromatic rings. The number of ether oxygens (including phenoxy) is 2. The van der Waals surface area contributed by atoms with E-state index in [1.54, 1.807) is 0 Å². The largest absolute Gasteiger partial charge is 0.466 e. The quantitative estimate of drug-likeness (QED) is 0.503. The molecule has 0 aliphatic rings. The zero-order chi connectivity index (χ0) is 7.98. The van der Waals surface area contributed by atoms with E-state index in [1.165, 1.54) is 7.11 Å². The standard InChI is InChI=1S/C5H8O5/c1-9-5(8)3-10-4(7)2-6/h6H,2-3H2,1H3. The molecule has 0 fully saturated rings. The fourth-order valence-corrected chi connectivity index (χ4v) is 0.244. The highest BCUT2D eigenvalue weighted by molar-refractivity contribution is 5.76. The van der Waals surface area contributed by atoms with Crippen LogP contribution < -0.4 is 0 Å². The third-order valence-electron chi connectivity index (χ3n) is 0.708. The van der Waals surface area contributed by atoms with Gasteiger partial charge in [0.05, 0.1) is 7.11 Å². The van der Waals surface area contributed by atoms with Gasteiger partial charge in [-0.15, -0.1) is 0 Å². The number of aliphatic hydroxyl groups is 1. The topological polar surface area (TPSA) is 72.8 Å². The fraction of sp³-hybridized carbons (Fsp3) is 0.600. The third-order valence-corrected chi connectivity index (χ3v) is 0.708. The SMILES string of the molecule is COC(=O)COC(=O)CO. The van der Waals surface area contributed by atoms with Gasteiger partial charge in [0, 0.05) is 0 Å². The second kappa shape index (κ2) is 4.75. The number of hydrogen-bond donors (Lipinski definition) is 1. The molecule has 0 aliphatic heterocycles. The van der Waals surface area contributed by atoms with E-state index in [-0.39, 0.29) is 0 Å². The molecule has 10 heavy (non-hydrogen) atoms. The van der Waals surface area contributed by atoms with E-state index in [2.05, 4.69) is 9.47 Å². The number of rotatable bonds is 3. The highest BCUT2D eigenvalue weighted by Crippen LogP contribution is 1.79. The van der Waals surface area contributed by atoms with Crippen LogP contribution in [0.25, 0.3) is 0 Å². The van der Waals surface area contributed by atoms with Crippen LogP contribution in [0.3, 0.4) is 0 Å². The Morgan fingerprint density at radius 3 is 2.40 bits per heavy atom. The number of carbonyl (C=O) groups excluding carboxylic acids is 2. The van der Waals surface area contributed by atoms with Crippen LogP contribution in [0.2, 0.25) is 0 Å². The fourth-order valence-electron chi connectivity index (χ4n) is 0.244. The number of methoxy groups -OCH3 is 1. The van der Waals surface area contributed by atoms with E-state index in [4.69, 9.17) is 5.11 Å². The van der Waals surface area contributed by atoms with Crippen molar-refractivity contribution >= 4 is 11.9 Å². The summed E-state index contributed by atoms with van der Waals surface area (Å²) in [7, 11) is 1.18. The van der Waals surface area contributed by atoms with E-state index in [0.29, 0.717) is 0 Å². The summed E-state index contributed by atoms with van der Waals surface area (Å²) in [6.45, 7) is -1.17. The molecule has 0 aromatic carbocycles. The molecule has 0 rings (SSSR count). The van der Waals surface area contributed by atoms with Gasteiger partial charge in [0.25, 0.3) is 0 Å². The van der Waals surface area contributed by atoms with Gasteiger partial charge in [-0.25, -0.2) is 9.59 Å². The average Bonchev–Trinajstić information content (AvgIpc) is 1.99. The lowest BCUT2D eigenvalue weighted by molar-refractivity contribution is -0.158. The van der Waals surface area contributed by atoms with Crippen LogP contribution in [0.15, 0.2) is 0 Å². The van der Waals surface area contributed by atoms with E-state index >= 15 is 0 Å². The van der Waals surface area contributed by atoms with Gasteiger partial charge in [0.15, 0.2) is 6.61 Å². The van der Waals surface area contributed by atoms with Crippen molar-refractivity contribution in [2.24, 2.45) is 0 Å². The summed E-state index contributed by atoms with van der Waals surface area (Å²) in [5.41, 5.74) is 0. The van der Waals surface area contributed by atoms with Crippen molar-refractivity contribution in [2.75, 3.05) is 20.3 Å². The molecule has 0 aliphatic carbocycles. The van der Waals surface area contributed by atoms with Crippen molar-refractivity contribution < 1.29 is 24.2 Å². The predicted octanol–water partition coefficient (Wildman–Crippen LogP) is -1.31. The lowest BCUT2D eigenvalue weighted by atomic mass is 10.7. The Hall–Kier alpha value is -1.10. The molecule has 1 N–H and O–H groups in total. The van der Waals surface area contributed by atoms with Crippen molar-refractivity contribution in [1.29, 1.82) is 0 Å². The Bertz CT molecular complexity index is 114. The molecule has 58 valence electrons. The van der Waals surface area contributed by atoms with Gasteiger partial charge in [-0.05, 0) is 0 Å². The molecule has 0 bridgehead atoms. The summed E-state index contributed by atoms with van der Waals surface area (Å²) >= 11 is 0. The first-order valence-corrected chi connectivity index (χ1v) is 2.54. The summed E-state index contributed by atoms with van der Waals surface area (Å²) in [4.78, 5) is 20.4. The molecule has 5 heteroatoms. The van der Waals surface area contributed by atoms with Crippen LogP contribution in [-0.2, 0) is 19.1 Å². The number of aliphatic hydroxyl groups excluding tert-OH is 1. The van der Waals surface area contributed by atoms with Crippen LogP contribution in [0, 0.1) is 0 Å².